The van der Waals surface area contributed by atoms with Crippen molar-refractivity contribution < 1.29 is 19.1 Å². The van der Waals surface area contributed by atoms with Crippen molar-refractivity contribution in [3.05, 3.63) is 71.5 Å². The molecule has 1 saturated heterocycles. The summed E-state index contributed by atoms with van der Waals surface area (Å²) < 4.78 is 11.4. The molecule has 134 valence electrons. The number of benzene rings is 2. The fourth-order valence-electron chi connectivity index (χ4n) is 3.43. The van der Waals surface area contributed by atoms with E-state index in [1.165, 1.54) is 5.56 Å². The van der Waals surface area contributed by atoms with Gasteiger partial charge in [0.15, 0.2) is 0 Å². The molecule has 4 rings (SSSR count). The third kappa shape index (κ3) is 3.36. The van der Waals surface area contributed by atoms with Crippen molar-refractivity contribution in [2.75, 3.05) is 13.2 Å². The average Bonchev–Trinajstić information content (AvgIpc) is 3.08. The number of hydrogen-bond donors (Lipinski definition) is 1. The largest absolute Gasteiger partial charge is 0.475 e. The van der Waals surface area contributed by atoms with E-state index in [0.717, 1.165) is 24.0 Å². The molecule has 0 bridgehead atoms. The molecule has 5 nitrogen and oxygen atoms in total. The van der Waals surface area contributed by atoms with Crippen molar-refractivity contribution in [3.8, 4) is 0 Å². The van der Waals surface area contributed by atoms with Crippen LogP contribution in [0.2, 0.25) is 0 Å². The minimum atomic E-state index is -1.05. The molecule has 0 radical (unpaired) electrons. The predicted octanol–water partition coefficient (Wildman–Crippen LogP) is 4.09. The molecule has 2 aromatic carbocycles. The molecule has 1 aliphatic rings. The van der Waals surface area contributed by atoms with E-state index in [9.17, 15) is 4.79 Å². The number of morpholine rings is 1. The summed E-state index contributed by atoms with van der Waals surface area (Å²) in [5.41, 5.74) is 2.93. The Morgan fingerprint density at radius 3 is 2.77 bits per heavy atom. The highest BCUT2D eigenvalue weighted by Gasteiger charge is 2.27. The molecule has 2 atom stereocenters. The lowest BCUT2D eigenvalue weighted by atomic mass is 10.0. The van der Waals surface area contributed by atoms with Gasteiger partial charge in [-0.3, -0.25) is 4.90 Å². The standard InChI is InChI=1S/C21H21NO4/c1-14-13-25-20(16-5-3-2-4-6-16)12-22(14)11-15-7-8-18-17(9-15)10-19(26-18)21(23)24/h2-10,14,20H,11-13H2,1H3,(H,23,24). The van der Waals surface area contributed by atoms with Gasteiger partial charge in [0.2, 0.25) is 5.76 Å². The monoisotopic (exact) mass is 351 g/mol. The zero-order valence-corrected chi connectivity index (χ0v) is 14.6. The Morgan fingerprint density at radius 2 is 2.00 bits per heavy atom. The van der Waals surface area contributed by atoms with Gasteiger partial charge in [0.05, 0.1) is 12.7 Å². The number of aromatic carboxylic acids is 1. The molecule has 2 unspecified atom stereocenters. The van der Waals surface area contributed by atoms with Crippen LogP contribution in [-0.4, -0.2) is 35.2 Å². The number of hydrogen-bond acceptors (Lipinski definition) is 4. The summed E-state index contributed by atoms with van der Waals surface area (Å²) in [5.74, 6) is -1.07. The SMILES string of the molecule is CC1COC(c2ccccc2)CN1Cc1ccc2oc(C(=O)O)cc2c1. The molecule has 26 heavy (non-hydrogen) atoms. The van der Waals surface area contributed by atoms with Gasteiger partial charge in [-0.1, -0.05) is 36.4 Å². The summed E-state index contributed by atoms with van der Waals surface area (Å²) in [6.45, 7) is 4.48. The summed E-state index contributed by atoms with van der Waals surface area (Å²) in [7, 11) is 0. The molecule has 1 aliphatic heterocycles. The molecular formula is C21H21NO4. The Hall–Kier alpha value is -2.63. The predicted molar refractivity (Wildman–Crippen MR) is 98.2 cm³/mol. The van der Waals surface area contributed by atoms with E-state index in [4.69, 9.17) is 14.3 Å². The first-order valence-corrected chi connectivity index (χ1v) is 8.76. The third-order valence-corrected chi connectivity index (χ3v) is 4.91. The fourth-order valence-corrected chi connectivity index (χ4v) is 3.43. The second-order valence-electron chi connectivity index (χ2n) is 6.80. The molecule has 2 heterocycles. The summed E-state index contributed by atoms with van der Waals surface area (Å²) in [4.78, 5) is 13.5. The van der Waals surface area contributed by atoms with E-state index in [1.807, 2.05) is 36.4 Å². The van der Waals surface area contributed by atoms with Gasteiger partial charge < -0.3 is 14.3 Å². The van der Waals surface area contributed by atoms with E-state index in [0.29, 0.717) is 18.2 Å². The lowest BCUT2D eigenvalue weighted by Gasteiger charge is -2.38. The van der Waals surface area contributed by atoms with E-state index >= 15 is 0 Å². The maximum absolute atomic E-state index is 11.1. The number of furan rings is 1. The highest BCUT2D eigenvalue weighted by Crippen LogP contribution is 2.27. The first-order chi connectivity index (χ1) is 12.6. The highest BCUT2D eigenvalue weighted by molar-refractivity contribution is 5.91. The number of fused-ring (bicyclic) bond motifs is 1. The normalized spacial score (nSPS) is 21.1. The van der Waals surface area contributed by atoms with Gasteiger partial charge in [0.25, 0.3) is 0 Å². The van der Waals surface area contributed by atoms with Gasteiger partial charge in [0.1, 0.15) is 5.58 Å². The summed E-state index contributed by atoms with van der Waals surface area (Å²) in [6, 6.07) is 18.0. The van der Waals surface area contributed by atoms with E-state index in [2.05, 4.69) is 24.0 Å². The van der Waals surface area contributed by atoms with Crippen LogP contribution < -0.4 is 0 Å². The molecule has 0 saturated carbocycles. The molecule has 1 aromatic heterocycles. The van der Waals surface area contributed by atoms with Gasteiger partial charge in [-0.15, -0.1) is 0 Å². The van der Waals surface area contributed by atoms with Crippen LogP contribution in [0.4, 0.5) is 0 Å². The van der Waals surface area contributed by atoms with Crippen LogP contribution in [0.5, 0.6) is 0 Å². The number of rotatable bonds is 4. The van der Waals surface area contributed by atoms with Crippen LogP contribution >= 0.6 is 0 Å². The first kappa shape index (κ1) is 16.8. The minimum Gasteiger partial charge on any atom is -0.475 e. The van der Waals surface area contributed by atoms with E-state index in [-0.39, 0.29) is 11.9 Å². The molecule has 0 aliphatic carbocycles. The van der Waals surface area contributed by atoms with Crippen molar-refractivity contribution in [2.24, 2.45) is 0 Å². The van der Waals surface area contributed by atoms with Crippen molar-refractivity contribution >= 4 is 16.9 Å². The molecule has 1 N–H and O–H groups in total. The van der Waals surface area contributed by atoms with Crippen LogP contribution in [0.3, 0.4) is 0 Å². The van der Waals surface area contributed by atoms with Crippen molar-refractivity contribution in [1.29, 1.82) is 0 Å². The summed E-state index contributed by atoms with van der Waals surface area (Å²) >= 11 is 0. The Bertz CT molecular complexity index is 918. The quantitative estimate of drug-likeness (QED) is 0.767. The molecule has 5 heteroatoms. The molecule has 0 amide bonds. The zero-order chi connectivity index (χ0) is 18.1. The molecule has 1 fully saturated rings. The van der Waals surface area contributed by atoms with Gasteiger partial charge in [-0.05, 0) is 36.2 Å². The van der Waals surface area contributed by atoms with Crippen molar-refractivity contribution in [2.45, 2.75) is 25.6 Å². The van der Waals surface area contributed by atoms with Crippen LogP contribution in [0.15, 0.2) is 59.0 Å². The van der Waals surface area contributed by atoms with Gasteiger partial charge in [-0.25, -0.2) is 4.79 Å². The maximum atomic E-state index is 11.1. The molecule has 3 aromatic rings. The second kappa shape index (κ2) is 6.94. The second-order valence-corrected chi connectivity index (χ2v) is 6.80. The van der Waals surface area contributed by atoms with E-state index in [1.54, 1.807) is 6.07 Å². The fraction of sp³-hybridized carbons (Fsp3) is 0.286. The van der Waals surface area contributed by atoms with Crippen molar-refractivity contribution in [1.82, 2.24) is 4.90 Å². The first-order valence-electron chi connectivity index (χ1n) is 8.76. The summed E-state index contributed by atoms with van der Waals surface area (Å²) in [5, 5.41) is 9.89. The summed E-state index contributed by atoms with van der Waals surface area (Å²) in [6.07, 6.45) is 0.0728. The van der Waals surface area contributed by atoms with Crippen LogP contribution in [-0.2, 0) is 11.3 Å². The number of carbonyl (C=O) groups is 1. The zero-order valence-electron chi connectivity index (χ0n) is 14.6. The lowest BCUT2D eigenvalue weighted by molar-refractivity contribution is -0.0632. The van der Waals surface area contributed by atoms with Crippen LogP contribution in [0, 0.1) is 0 Å². The Labute approximate surface area is 151 Å². The Kier molecular flexibility index (Phi) is 4.49. The van der Waals surface area contributed by atoms with Gasteiger partial charge in [0, 0.05) is 24.5 Å². The van der Waals surface area contributed by atoms with Gasteiger partial charge in [-0.2, -0.15) is 0 Å². The Balaban J connectivity index is 1.53. The molecule has 0 spiro atoms. The van der Waals surface area contributed by atoms with Crippen molar-refractivity contribution in [3.63, 3.8) is 0 Å². The lowest BCUT2D eigenvalue weighted by Crippen LogP contribution is -2.44. The maximum Gasteiger partial charge on any atom is 0.371 e. The minimum absolute atomic E-state index is 0.0268. The number of ether oxygens (including phenoxy) is 1. The number of nitrogens with zero attached hydrogens (tertiary/aromatic N) is 1. The highest BCUT2D eigenvalue weighted by atomic mass is 16.5. The van der Waals surface area contributed by atoms with Gasteiger partial charge >= 0.3 is 5.97 Å². The average molecular weight is 351 g/mol. The smallest absolute Gasteiger partial charge is 0.371 e. The van der Waals surface area contributed by atoms with Crippen LogP contribution in [0.1, 0.15) is 34.7 Å². The molecular weight excluding hydrogens is 330 g/mol. The third-order valence-electron chi connectivity index (χ3n) is 4.91. The van der Waals surface area contributed by atoms with Crippen LogP contribution in [0.25, 0.3) is 11.0 Å². The van der Waals surface area contributed by atoms with E-state index < -0.39 is 5.97 Å². The Morgan fingerprint density at radius 1 is 1.19 bits per heavy atom. The number of carboxylic acids is 1. The topological polar surface area (TPSA) is 62.9 Å². The number of carboxylic acid groups (broad SMARTS) is 1.